The van der Waals surface area contributed by atoms with Crippen molar-refractivity contribution in [2.45, 2.75) is 33.8 Å². The predicted molar refractivity (Wildman–Crippen MR) is 87.2 cm³/mol. The Kier molecular flexibility index (Phi) is 4.82. The molecule has 7 nitrogen and oxygen atoms in total. The number of nitro groups is 1. The molecule has 0 fully saturated rings. The summed E-state index contributed by atoms with van der Waals surface area (Å²) in [6.45, 7) is 6.46. The lowest BCUT2D eigenvalue weighted by Crippen LogP contribution is -2.11. The highest BCUT2D eigenvalue weighted by Crippen LogP contribution is 2.25. The molecule has 2 aromatic rings. The van der Waals surface area contributed by atoms with E-state index in [9.17, 15) is 19.7 Å². The molecule has 7 heteroatoms. The second-order valence-corrected chi connectivity index (χ2v) is 5.58. The Morgan fingerprint density at radius 2 is 1.96 bits per heavy atom. The van der Waals surface area contributed by atoms with Crippen LogP contribution in [0.1, 0.15) is 57.6 Å². The van der Waals surface area contributed by atoms with E-state index in [1.165, 1.54) is 25.1 Å². The molecule has 1 aromatic carbocycles. The van der Waals surface area contributed by atoms with Crippen LogP contribution in [-0.2, 0) is 4.74 Å². The number of benzene rings is 1. The second kappa shape index (κ2) is 6.66. The number of non-ortho nitro benzene ring substituents is 1. The van der Waals surface area contributed by atoms with E-state index in [2.05, 4.69) is 4.98 Å². The normalized spacial score (nSPS) is 11.8. The van der Waals surface area contributed by atoms with Gasteiger partial charge in [0.2, 0.25) is 0 Å². The van der Waals surface area contributed by atoms with Gasteiger partial charge in [0.15, 0.2) is 5.78 Å². The largest absolute Gasteiger partial charge is 0.453 e. The molecular formula is C17H18N2O5. The third kappa shape index (κ3) is 3.34. The molecule has 0 aliphatic rings. The molecule has 2 rings (SSSR count). The van der Waals surface area contributed by atoms with E-state index in [0.29, 0.717) is 22.4 Å². The molecule has 1 aromatic heterocycles. The van der Waals surface area contributed by atoms with Gasteiger partial charge in [-0.2, -0.15) is 0 Å². The minimum Gasteiger partial charge on any atom is -0.453 e. The Labute approximate surface area is 138 Å². The Hall–Kier alpha value is -2.96. The zero-order valence-corrected chi connectivity index (χ0v) is 13.9. The molecular weight excluding hydrogens is 312 g/mol. The number of aryl methyl sites for hydroxylation is 1. The molecule has 0 aliphatic carbocycles. The lowest BCUT2D eigenvalue weighted by molar-refractivity contribution is -0.385. The Balaban J connectivity index is 2.24. The van der Waals surface area contributed by atoms with Crippen LogP contribution in [0.15, 0.2) is 24.3 Å². The third-order valence-corrected chi connectivity index (χ3v) is 3.83. The number of Topliss-reactive ketones (excluding diaryl/α,β-unsaturated/α-hetero) is 1. The summed E-state index contributed by atoms with van der Waals surface area (Å²) in [5.41, 5.74) is 2.29. The van der Waals surface area contributed by atoms with E-state index >= 15 is 0 Å². The molecule has 0 saturated carbocycles. The molecule has 24 heavy (non-hydrogen) atoms. The third-order valence-electron chi connectivity index (χ3n) is 3.83. The fraction of sp³-hybridized carbons (Fsp3) is 0.294. The Morgan fingerprint density at radius 3 is 2.50 bits per heavy atom. The monoisotopic (exact) mass is 330 g/mol. The van der Waals surface area contributed by atoms with Crippen molar-refractivity contribution in [1.82, 2.24) is 4.98 Å². The van der Waals surface area contributed by atoms with Crippen LogP contribution in [0.2, 0.25) is 0 Å². The summed E-state index contributed by atoms with van der Waals surface area (Å²) >= 11 is 0. The van der Waals surface area contributed by atoms with Crippen LogP contribution in [0.5, 0.6) is 0 Å². The van der Waals surface area contributed by atoms with E-state index in [1.807, 2.05) is 0 Å². The Morgan fingerprint density at radius 1 is 1.29 bits per heavy atom. The smallest absolute Gasteiger partial charge is 0.355 e. The molecule has 1 N–H and O–H groups in total. The minimum absolute atomic E-state index is 0.0684. The van der Waals surface area contributed by atoms with Crippen molar-refractivity contribution in [3.05, 3.63) is 62.5 Å². The number of carbonyl (C=O) groups is 2. The van der Waals surface area contributed by atoms with Gasteiger partial charge in [-0.3, -0.25) is 14.9 Å². The number of nitrogens with one attached hydrogen (secondary N) is 1. The fourth-order valence-corrected chi connectivity index (χ4v) is 2.66. The average Bonchev–Trinajstić information content (AvgIpc) is 2.82. The molecule has 126 valence electrons. The van der Waals surface area contributed by atoms with Gasteiger partial charge in [0.05, 0.1) is 4.92 Å². The van der Waals surface area contributed by atoms with Gasteiger partial charge in [-0.1, -0.05) is 12.1 Å². The summed E-state index contributed by atoms with van der Waals surface area (Å²) in [7, 11) is 0. The van der Waals surface area contributed by atoms with Gasteiger partial charge in [-0.15, -0.1) is 0 Å². The number of ether oxygens (including phenoxy) is 1. The highest BCUT2D eigenvalue weighted by Gasteiger charge is 2.23. The number of hydrogen-bond acceptors (Lipinski definition) is 5. The van der Waals surface area contributed by atoms with E-state index in [0.717, 1.165) is 0 Å². The van der Waals surface area contributed by atoms with Gasteiger partial charge in [0, 0.05) is 23.4 Å². The second-order valence-electron chi connectivity index (χ2n) is 5.58. The number of H-pyrrole nitrogens is 1. The van der Waals surface area contributed by atoms with E-state index in [1.54, 1.807) is 26.8 Å². The van der Waals surface area contributed by atoms with Crippen LogP contribution in [0, 0.1) is 24.0 Å². The number of esters is 1. The van der Waals surface area contributed by atoms with Crippen molar-refractivity contribution in [1.29, 1.82) is 0 Å². The van der Waals surface area contributed by atoms with Gasteiger partial charge in [0.1, 0.15) is 11.8 Å². The summed E-state index contributed by atoms with van der Waals surface area (Å²) in [6.07, 6.45) is -0.666. The van der Waals surface area contributed by atoms with Gasteiger partial charge < -0.3 is 9.72 Å². The predicted octanol–water partition coefficient (Wildman–Crippen LogP) is 3.66. The average molecular weight is 330 g/mol. The molecule has 0 saturated heterocycles. The zero-order valence-electron chi connectivity index (χ0n) is 13.9. The molecule has 1 heterocycles. The summed E-state index contributed by atoms with van der Waals surface area (Å²) in [4.78, 5) is 37.2. The highest BCUT2D eigenvalue weighted by molar-refractivity contribution is 6.01. The van der Waals surface area contributed by atoms with Crippen molar-refractivity contribution in [2.24, 2.45) is 0 Å². The number of rotatable bonds is 5. The van der Waals surface area contributed by atoms with Crippen molar-refractivity contribution >= 4 is 17.4 Å². The number of aromatic nitrogens is 1. The van der Waals surface area contributed by atoms with Crippen LogP contribution < -0.4 is 0 Å². The molecule has 0 amide bonds. The van der Waals surface area contributed by atoms with Gasteiger partial charge >= 0.3 is 5.97 Å². The molecule has 0 aliphatic heterocycles. The standard InChI is InChI=1S/C17H18N2O5/c1-9-15(11(3)20)10(2)18-16(9)17(21)24-12(4)13-6-5-7-14(8-13)19(22)23/h5-8,12,18H,1-4H3/t12-/m0/s1. The minimum atomic E-state index is -0.666. The number of nitro benzene ring substituents is 1. The molecule has 1 atom stereocenters. The van der Waals surface area contributed by atoms with E-state index in [4.69, 9.17) is 4.74 Å². The van der Waals surface area contributed by atoms with Gasteiger partial charge in [-0.05, 0) is 38.8 Å². The van der Waals surface area contributed by atoms with Crippen LogP contribution in [0.4, 0.5) is 5.69 Å². The molecule has 0 unspecified atom stereocenters. The maximum Gasteiger partial charge on any atom is 0.355 e. The number of ketones is 1. The first kappa shape index (κ1) is 17.4. The van der Waals surface area contributed by atoms with Gasteiger partial charge in [-0.25, -0.2) is 4.79 Å². The van der Waals surface area contributed by atoms with Crippen LogP contribution >= 0.6 is 0 Å². The summed E-state index contributed by atoms with van der Waals surface area (Å²) in [6, 6.07) is 5.93. The van der Waals surface area contributed by atoms with Gasteiger partial charge in [0.25, 0.3) is 5.69 Å². The maximum atomic E-state index is 12.4. The number of carbonyl (C=O) groups excluding carboxylic acids is 2. The number of nitrogens with zero attached hydrogens (tertiary/aromatic N) is 1. The first-order valence-electron chi connectivity index (χ1n) is 7.37. The first-order valence-corrected chi connectivity index (χ1v) is 7.37. The maximum absolute atomic E-state index is 12.4. The lowest BCUT2D eigenvalue weighted by Gasteiger charge is -2.13. The van der Waals surface area contributed by atoms with E-state index in [-0.39, 0.29) is 17.2 Å². The fourth-order valence-electron chi connectivity index (χ4n) is 2.66. The highest BCUT2D eigenvalue weighted by atomic mass is 16.6. The number of hydrogen-bond donors (Lipinski definition) is 1. The van der Waals surface area contributed by atoms with Crippen LogP contribution in [0.3, 0.4) is 0 Å². The van der Waals surface area contributed by atoms with E-state index < -0.39 is 17.0 Å². The molecule has 0 bridgehead atoms. The topological polar surface area (TPSA) is 102 Å². The van der Waals surface area contributed by atoms with Crippen LogP contribution in [-0.4, -0.2) is 21.7 Å². The molecule has 0 spiro atoms. The van der Waals surface area contributed by atoms with Crippen molar-refractivity contribution in [3.8, 4) is 0 Å². The van der Waals surface area contributed by atoms with Crippen LogP contribution in [0.25, 0.3) is 0 Å². The Bertz CT molecular complexity index is 822. The summed E-state index contributed by atoms with van der Waals surface area (Å²) in [5.74, 6) is -0.742. The van der Waals surface area contributed by atoms with Crippen molar-refractivity contribution < 1.29 is 19.2 Å². The zero-order chi connectivity index (χ0) is 18.0. The first-order chi connectivity index (χ1) is 11.2. The van der Waals surface area contributed by atoms with Crippen molar-refractivity contribution in [2.75, 3.05) is 0 Å². The van der Waals surface area contributed by atoms with Crippen molar-refractivity contribution in [3.63, 3.8) is 0 Å². The lowest BCUT2D eigenvalue weighted by atomic mass is 10.1. The number of aromatic amines is 1. The molecule has 0 radical (unpaired) electrons. The SMILES string of the molecule is CC(=O)c1c(C)[nH]c(C(=O)O[C@@H](C)c2cccc([N+](=O)[O-])c2)c1C. The summed E-state index contributed by atoms with van der Waals surface area (Å²) < 4.78 is 5.38. The summed E-state index contributed by atoms with van der Waals surface area (Å²) in [5, 5.41) is 10.8. The quantitative estimate of drug-likeness (QED) is 0.390.